The average molecular weight is 371 g/mol. The molecule has 5 nitrogen and oxygen atoms in total. The summed E-state index contributed by atoms with van der Waals surface area (Å²) in [6.07, 6.45) is 3.90. The number of ether oxygens (including phenoxy) is 1. The summed E-state index contributed by atoms with van der Waals surface area (Å²) in [6, 6.07) is 14.3. The maximum atomic E-state index is 10.9. The molecule has 2 aromatic rings. The van der Waals surface area contributed by atoms with E-state index in [1.807, 2.05) is 6.07 Å². The van der Waals surface area contributed by atoms with Gasteiger partial charge < -0.3 is 15.2 Å². The lowest BCUT2D eigenvalue weighted by molar-refractivity contribution is 0.0697. The Morgan fingerprint density at radius 2 is 1.85 bits per heavy atom. The van der Waals surface area contributed by atoms with E-state index in [1.54, 1.807) is 42.5 Å². The molecule has 0 aliphatic heterocycles. The molecule has 2 aromatic carbocycles. The SMILES string of the molecule is N#Cc1ccc(OC2CCC(Nc3ccc(C(=O)O)cc3)CC2)cc1Cl. The van der Waals surface area contributed by atoms with Crippen LogP contribution in [0.5, 0.6) is 5.75 Å². The number of anilines is 1. The second-order valence-corrected chi connectivity index (χ2v) is 6.78. The monoisotopic (exact) mass is 370 g/mol. The normalized spacial score (nSPS) is 19.4. The van der Waals surface area contributed by atoms with Gasteiger partial charge in [0.05, 0.1) is 22.3 Å². The van der Waals surface area contributed by atoms with Crippen molar-refractivity contribution in [3.05, 3.63) is 58.6 Å². The lowest BCUT2D eigenvalue weighted by atomic mass is 9.92. The summed E-state index contributed by atoms with van der Waals surface area (Å²) in [4.78, 5) is 10.9. The van der Waals surface area contributed by atoms with E-state index in [1.165, 1.54) is 0 Å². The molecule has 6 heteroatoms. The van der Waals surface area contributed by atoms with Gasteiger partial charge >= 0.3 is 5.97 Å². The molecule has 1 aliphatic rings. The van der Waals surface area contributed by atoms with Crippen LogP contribution in [-0.4, -0.2) is 23.2 Å². The van der Waals surface area contributed by atoms with Gasteiger partial charge in [-0.1, -0.05) is 11.6 Å². The van der Waals surface area contributed by atoms with E-state index in [0.717, 1.165) is 31.4 Å². The Labute approximate surface area is 157 Å². The van der Waals surface area contributed by atoms with Crippen LogP contribution < -0.4 is 10.1 Å². The van der Waals surface area contributed by atoms with Crippen molar-refractivity contribution >= 4 is 23.3 Å². The fraction of sp³-hybridized carbons (Fsp3) is 0.300. The quantitative estimate of drug-likeness (QED) is 0.796. The second kappa shape index (κ2) is 8.11. The highest BCUT2D eigenvalue weighted by Gasteiger charge is 2.22. The lowest BCUT2D eigenvalue weighted by Crippen LogP contribution is -2.31. The molecule has 0 radical (unpaired) electrons. The van der Waals surface area contributed by atoms with Gasteiger partial charge in [-0.05, 0) is 62.1 Å². The summed E-state index contributed by atoms with van der Waals surface area (Å²) in [5.41, 5.74) is 1.66. The summed E-state index contributed by atoms with van der Waals surface area (Å²) >= 11 is 6.04. The minimum absolute atomic E-state index is 0.131. The number of halogens is 1. The van der Waals surface area contributed by atoms with E-state index < -0.39 is 5.97 Å². The fourth-order valence-corrected chi connectivity index (χ4v) is 3.33. The molecule has 0 saturated heterocycles. The number of carbonyl (C=O) groups is 1. The molecule has 1 fully saturated rings. The van der Waals surface area contributed by atoms with Crippen LogP contribution in [-0.2, 0) is 0 Å². The molecule has 1 aliphatic carbocycles. The third-order valence-electron chi connectivity index (χ3n) is 4.54. The maximum Gasteiger partial charge on any atom is 0.335 e. The summed E-state index contributed by atoms with van der Waals surface area (Å²) in [5, 5.41) is 21.7. The number of nitriles is 1. The maximum absolute atomic E-state index is 10.9. The smallest absolute Gasteiger partial charge is 0.335 e. The number of benzene rings is 2. The number of nitrogens with zero attached hydrogens (tertiary/aromatic N) is 1. The van der Waals surface area contributed by atoms with Crippen LogP contribution in [0.15, 0.2) is 42.5 Å². The van der Waals surface area contributed by atoms with Crippen LogP contribution in [0.3, 0.4) is 0 Å². The molecule has 2 N–H and O–H groups in total. The number of rotatable bonds is 5. The van der Waals surface area contributed by atoms with Crippen LogP contribution in [0.4, 0.5) is 5.69 Å². The van der Waals surface area contributed by atoms with E-state index in [2.05, 4.69) is 5.32 Å². The molecule has 0 atom stereocenters. The zero-order valence-corrected chi connectivity index (χ0v) is 14.9. The predicted octanol–water partition coefficient (Wildman–Crippen LogP) is 4.71. The van der Waals surface area contributed by atoms with Crippen LogP contribution in [0.25, 0.3) is 0 Å². The highest BCUT2D eigenvalue weighted by Crippen LogP contribution is 2.28. The van der Waals surface area contributed by atoms with Gasteiger partial charge in [-0.2, -0.15) is 5.26 Å². The fourth-order valence-electron chi connectivity index (χ4n) is 3.12. The molecule has 134 valence electrons. The van der Waals surface area contributed by atoms with E-state index >= 15 is 0 Å². The summed E-state index contributed by atoms with van der Waals surface area (Å²) < 4.78 is 5.99. The van der Waals surface area contributed by atoms with Gasteiger partial charge in [0, 0.05) is 17.8 Å². The minimum Gasteiger partial charge on any atom is -0.490 e. The Morgan fingerprint density at radius 1 is 1.15 bits per heavy atom. The molecule has 0 heterocycles. The van der Waals surface area contributed by atoms with Gasteiger partial charge in [0.15, 0.2) is 0 Å². The first kappa shape index (κ1) is 18.1. The van der Waals surface area contributed by atoms with Gasteiger partial charge in [-0.3, -0.25) is 0 Å². The summed E-state index contributed by atoms with van der Waals surface area (Å²) in [7, 11) is 0. The largest absolute Gasteiger partial charge is 0.490 e. The van der Waals surface area contributed by atoms with Crippen LogP contribution in [0.2, 0.25) is 5.02 Å². The van der Waals surface area contributed by atoms with Crippen molar-refractivity contribution in [2.24, 2.45) is 0 Å². The third-order valence-corrected chi connectivity index (χ3v) is 4.85. The molecule has 0 spiro atoms. The Bertz CT molecular complexity index is 822. The number of carboxylic acid groups (broad SMARTS) is 1. The van der Waals surface area contributed by atoms with Crippen molar-refractivity contribution in [1.82, 2.24) is 0 Å². The Kier molecular flexibility index (Phi) is 5.65. The van der Waals surface area contributed by atoms with E-state index in [-0.39, 0.29) is 11.7 Å². The van der Waals surface area contributed by atoms with Crippen molar-refractivity contribution < 1.29 is 14.6 Å². The molecule has 3 rings (SSSR count). The standard InChI is InChI=1S/C20H19ClN2O3/c21-19-11-18(8-3-14(19)12-22)26-17-9-6-16(7-10-17)23-15-4-1-13(2-5-15)20(24)25/h1-5,8,11,16-17,23H,6-7,9-10H2,(H,24,25). The van der Waals surface area contributed by atoms with Gasteiger partial charge in [0.2, 0.25) is 0 Å². The summed E-state index contributed by atoms with van der Waals surface area (Å²) in [6.45, 7) is 0. The van der Waals surface area contributed by atoms with E-state index in [0.29, 0.717) is 22.4 Å². The summed E-state index contributed by atoms with van der Waals surface area (Å²) in [5.74, 6) is -0.230. The van der Waals surface area contributed by atoms with Crippen molar-refractivity contribution in [3.8, 4) is 11.8 Å². The minimum atomic E-state index is -0.919. The van der Waals surface area contributed by atoms with Crippen molar-refractivity contribution in [2.75, 3.05) is 5.32 Å². The first-order valence-corrected chi connectivity index (χ1v) is 8.89. The van der Waals surface area contributed by atoms with Gasteiger partial charge in [-0.25, -0.2) is 4.79 Å². The Hall–Kier alpha value is -2.71. The Morgan fingerprint density at radius 3 is 2.42 bits per heavy atom. The van der Waals surface area contributed by atoms with Crippen molar-refractivity contribution in [3.63, 3.8) is 0 Å². The zero-order chi connectivity index (χ0) is 18.5. The second-order valence-electron chi connectivity index (χ2n) is 6.37. The molecule has 0 unspecified atom stereocenters. The number of aromatic carboxylic acids is 1. The number of nitrogens with one attached hydrogen (secondary N) is 1. The molecular weight excluding hydrogens is 352 g/mol. The highest BCUT2D eigenvalue weighted by molar-refractivity contribution is 6.31. The first-order chi connectivity index (χ1) is 12.5. The van der Waals surface area contributed by atoms with Crippen molar-refractivity contribution in [2.45, 2.75) is 37.8 Å². The molecule has 0 amide bonds. The first-order valence-electron chi connectivity index (χ1n) is 8.51. The number of hydrogen-bond donors (Lipinski definition) is 2. The van der Waals surface area contributed by atoms with Crippen molar-refractivity contribution in [1.29, 1.82) is 5.26 Å². The van der Waals surface area contributed by atoms with Crippen LogP contribution >= 0.6 is 11.6 Å². The number of hydrogen-bond acceptors (Lipinski definition) is 4. The molecular formula is C20H19ClN2O3. The highest BCUT2D eigenvalue weighted by atomic mass is 35.5. The van der Waals surface area contributed by atoms with Gasteiger partial charge in [-0.15, -0.1) is 0 Å². The van der Waals surface area contributed by atoms with E-state index in [4.69, 9.17) is 26.7 Å². The topological polar surface area (TPSA) is 82.3 Å². The van der Waals surface area contributed by atoms with Gasteiger partial charge in [0.25, 0.3) is 0 Å². The molecule has 26 heavy (non-hydrogen) atoms. The average Bonchev–Trinajstić information content (AvgIpc) is 2.64. The van der Waals surface area contributed by atoms with Crippen LogP contribution in [0.1, 0.15) is 41.6 Å². The zero-order valence-electron chi connectivity index (χ0n) is 14.1. The lowest BCUT2D eigenvalue weighted by Gasteiger charge is -2.30. The number of carboxylic acids is 1. The molecule has 0 bridgehead atoms. The predicted molar refractivity (Wildman–Crippen MR) is 99.9 cm³/mol. The third kappa shape index (κ3) is 4.47. The van der Waals surface area contributed by atoms with Gasteiger partial charge in [0.1, 0.15) is 11.8 Å². The van der Waals surface area contributed by atoms with E-state index in [9.17, 15) is 4.79 Å². The Balaban J connectivity index is 1.50. The molecule has 0 aromatic heterocycles. The molecule has 1 saturated carbocycles. The van der Waals surface area contributed by atoms with Crippen LogP contribution in [0, 0.1) is 11.3 Å².